The van der Waals surface area contributed by atoms with Crippen LogP contribution in [0.15, 0.2) is 0 Å². The van der Waals surface area contributed by atoms with Crippen LogP contribution in [0.25, 0.3) is 0 Å². The highest BCUT2D eigenvalue weighted by molar-refractivity contribution is 8.00. The number of amides is 6. The van der Waals surface area contributed by atoms with Gasteiger partial charge in [-0.25, -0.2) is 4.79 Å². The highest BCUT2D eigenvalue weighted by Gasteiger charge is 2.42. The van der Waals surface area contributed by atoms with Crippen LogP contribution in [-0.4, -0.2) is 154 Å². The van der Waals surface area contributed by atoms with Gasteiger partial charge in [-0.15, -0.1) is 0 Å². The van der Waals surface area contributed by atoms with Crippen molar-refractivity contribution in [1.29, 1.82) is 0 Å². The Bertz CT molecular complexity index is 1500. The summed E-state index contributed by atoms with van der Waals surface area (Å²) < 4.78 is 0. The Kier molecular flexibility index (Phi) is 18.0. The number of carbonyl (C=O) groups excluding carboxylic acids is 5. The fraction of sp³-hybridized carbons (Fsp3) is 0.789. The highest BCUT2D eigenvalue weighted by Crippen LogP contribution is 2.33. The third kappa shape index (κ3) is 13.7. The van der Waals surface area contributed by atoms with Gasteiger partial charge in [0.15, 0.2) is 0 Å². The zero-order chi connectivity index (χ0) is 40.6. The van der Waals surface area contributed by atoms with Crippen molar-refractivity contribution in [1.82, 2.24) is 45.6 Å². The number of urea groups is 1. The van der Waals surface area contributed by atoms with E-state index in [2.05, 4.69) is 41.1 Å². The Balaban J connectivity index is 0.874. The minimum atomic E-state index is -0.643. The summed E-state index contributed by atoms with van der Waals surface area (Å²) in [5.74, 6) is 1.58. The smallest absolute Gasteiger partial charge is 0.315 e. The summed E-state index contributed by atoms with van der Waals surface area (Å²) in [5, 5.41) is 12.9. The second-order valence-electron chi connectivity index (χ2n) is 15.6. The highest BCUT2D eigenvalue weighted by atomic mass is 35.5. The van der Waals surface area contributed by atoms with Gasteiger partial charge in [-0.1, -0.05) is 44.9 Å². The lowest BCUT2D eigenvalue weighted by molar-refractivity contribution is -0.153. The molecule has 6 N–H and O–H groups in total. The molecule has 0 aromatic carbocycles. The predicted molar refractivity (Wildman–Crippen MR) is 222 cm³/mol. The van der Waals surface area contributed by atoms with Gasteiger partial charge in [-0.3, -0.25) is 19.2 Å². The number of thioether (sulfide) groups is 1. The van der Waals surface area contributed by atoms with Crippen LogP contribution in [0.1, 0.15) is 96.3 Å². The first-order valence-corrected chi connectivity index (χ1v) is 22.4. The van der Waals surface area contributed by atoms with E-state index in [1.54, 1.807) is 7.05 Å². The topological polar surface area (TPSA) is 211 Å². The summed E-state index contributed by atoms with van der Waals surface area (Å²) in [5.41, 5.74) is 5.63. The number of hydrogen-bond donors (Lipinski definition) is 5. The lowest BCUT2D eigenvalue weighted by atomic mass is 10.0. The number of halogens is 1. The quantitative estimate of drug-likeness (QED) is 0.0751. The molecule has 6 amide bonds. The van der Waals surface area contributed by atoms with E-state index in [0.29, 0.717) is 75.8 Å². The maximum Gasteiger partial charge on any atom is 0.315 e. The van der Waals surface area contributed by atoms with Gasteiger partial charge in [0, 0.05) is 63.7 Å². The predicted octanol–water partition coefficient (Wildman–Crippen LogP) is 2.35. The van der Waals surface area contributed by atoms with Crippen LogP contribution in [0.2, 0.25) is 5.28 Å². The van der Waals surface area contributed by atoms with Crippen molar-refractivity contribution in [2.75, 3.05) is 81.9 Å². The summed E-state index contributed by atoms with van der Waals surface area (Å²) in [6.45, 7) is 4.22. The number of rotatable bonds is 24. The van der Waals surface area contributed by atoms with E-state index in [1.165, 1.54) is 9.80 Å². The molecule has 1 aromatic heterocycles. The molecule has 0 saturated carbocycles. The molecule has 0 spiro atoms. The molecule has 17 nitrogen and oxygen atoms in total. The van der Waals surface area contributed by atoms with Crippen LogP contribution in [0.4, 0.5) is 16.7 Å². The second kappa shape index (κ2) is 23.1. The van der Waals surface area contributed by atoms with Crippen molar-refractivity contribution in [3.63, 3.8) is 0 Å². The van der Waals surface area contributed by atoms with Gasteiger partial charge >= 0.3 is 6.03 Å². The Hall–Kier alpha value is -3.64. The number of nitrogens with two attached hydrogens (primary N) is 1. The van der Waals surface area contributed by atoms with Gasteiger partial charge < -0.3 is 46.6 Å². The van der Waals surface area contributed by atoms with Crippen molar-refractivity contribution >= 4 is 64.9 Å². The fourth-order valence-corrected chi connectivity index (χ4v) is 9.61. The first kappa shape index (κ1) is 44.5. The fourth-order valence-electron chi connectivity index (χ4n) is 7.91. The molecule has 5 heterocycles. The number of unbranched alkanes of at least 4 members (excludes halogenated alkanes) is 9. The number of anilines is 2. The SMILES string of the molecule is CN1CC(=O)N([C@@H](CCCCN)C(=O)NCCCCCCCCCCC(=O)N2CCN(c3nc(Cl)nc(NCCCC[C@@H]4SC[C@@H]5NC(=O)N[C@@H]54)n3)CC2)CC1=O. The molecule has 1 aromatic rings. The monoisotopic (exact) mass is 834 g/mol. The first-order chi connectivity index (χ1) is 27.6. The summed E-state index contributed by atoms with van der Waals surface area (Å²) in [7, 11) is 1.60. The number of hydrogen-bond acceptors (Lipinski definition) is 12. The summed E-state index contributed by atoms with van der Waals surface area (Å²) in [6.07, 6.45) is 13.7. The molecule has 0 bridgehead atoms. The molecule has 0 unspecified atom stereocenters. The standard InChI is InChI=1S/C38H63ClN12O5S/c1-48-24-32(54)51(25-31(48)53)28(14-9-11-17-40)34(55)41-18-12-7-5-3-2-4-6-8-16-30(52)49-20-22-50(23-21-49)37-46-35(39)45-36(47-37)42-19-13-10-15-29-33-27(26-57-29)43-38(56)44-33/h27-29,33H,2-26,40H2,1H3,(H,41,55)(H2,43,44,56)(H,42,45,46,47)/t27-,28-,29-,33-/m0/s1. The molecule has 4 fully saturated rings. The average molecular weight is 836 g/mol. The second-order valence-corrected chi connectivity index (χ2v) is 17.2. The van der Waals surface area contributed by atoms with E-state index in [-0.39, 0.29) is 60.1 Å². The van der Waals surface area contributed by atoms with E-state index >= 15 is 0 Å². The molecule has 318 valence electrons. The third-order valence-electron chi connectivity index (χ3n) is 11.3. The van der Waals surface area contributed by atoms with E-state index in [9.17, 15) is 24.0 Å². The van der Waals surface area contributed by atoms with Crippen LogP contribution in [-0.2, 0) is 19.2 Å². The van der Waals surface area contributed by atoms with Gasteiger partial charge in [0.25, 0.3) is 0 Å². The molecule has 19 heteroatoms. The van der Waals surface area contributed by atoms with Crippen molar-refractivity contribution in [2.24, 2.45) is 5.73 Å². The van der Waals surface area contributed by atoms with E-state index in [4.69, 9.17) is 17.3 Å². The van der Waals surface area contributed by atoms with Gasteiger partial charge in [0.05, 0.1) is 18.6 Å². The number of carbonyl (C=O) groups is 5. The molecule has 4 saturated heterocycles. The number of piperazine rings is 2. The van der Waals surface area contributed by atoms with Crippen LogP contribution in [0.5, 0.6) is 0 Å². The molecule has 57 heavy (non-hydrogen) atoms. The zero-order valence-corrected chi connectivity index (χ0v) is 35.1. The van der Waals surface area contributed by atoms with Gasteiger partial charge in [-0.2, -0.15) is 26.7 Å². The third-order valence-corrected chi connectivity index (χ3v) is 13.0. The van der Waals surface area contributed by atoms with Gasteiger partial charge in [-0.05, 0) is 63.1 Å². The maximum atomic E-state index is 13.0. The normalized spacial score (nSPS) is 21.4. The molecule has 4 aliphatic heterocycles. The Morgan fingerprint density at radius 1 is 0.860 bits per heavy atom. The molecule has 4 aliphatic rings. The van der Waals surface area contributed by atoms with Gasteiger partial charge in [0.2, 0.25) is 40.8 Å². The molecule has 0 aliphatic carbocycles. The Morgan fingerprint density at radius 2 is 1.58 bits per heavy atom. The maximum absolute atomic E-state index is 13.0. The minimum Gasteiger partial charge on any atom is -0.354 e. The number of likely N-dealkylation sites (N-methyl/N-ethyl adjacent to an activating group) is 1. The number of nitrogens with one attached hydrogen (secondary N) is 4. The Labute approximate surface area is 346 Å². The summed E-state index contributed by atoms with van der Waals surface area (Å²) in [6, 6.07) is -0.226. The van der Waals surface area contributed by atoms with Crippen LogP contribution in [0.3, 0.4) is 0 Å². The lowest BCUT2D eigenvalue weighted by Gasteiger charge is -2.36. The van der Waals surface area contributed by atoms with Crippen molar-refractivity contribution in [3.8, 4) is 0 Å². The van der Waals surface area contributed by atoms with Crippen LogP contribution < -0.4 is 31.9 Å². The molecule has 5 rings (SSSR count). The van der Waals surface area contributed by atoms with Crippen molar-refractivity contribution in [3.05, 3.63) is 5.28 Å². The molecule has 0 radical (unpaired) electrons. The van der Waals surface area contributed by atoms with Gasteiger partial charge in [0.1, 0.15) is 12.6 Å². The Morgan fingerprint density at radius 3 is 2.33 bits per heavy atom. The van der Waals surface area contributed by atoms with E-state index < -0.39 is 6.04 Å². The van der Waals surface area contributed by atoms with Crippen molar-refractivity contribution in [2.45, 2.75) is 120 Å². The summed E-state index contributed by atoms with van der Waals surface area (Å²) >= 11 is 8.19. The summed E-state index contributed by atoms with van der Waals surface area (Å²) in [4.78, 5) is 82.5. The lowest BCUT2D eigenvalue weighted by Crippen LogP contribution is -2.59. The zero-order valence-electron chi connectivity index (χ0n) is 33.5. The minimum absolute atomic E-state index is 0.000459. The van der Waals surface area contributed by atoms with E-state index in [0.717, 1.165) is 89.2 Å². The van der Waals surface area contributed by atoms with E-state index in [1.807, 2.05) is 16.7 Å². The average Bonchev–Trinajstić information content (AvgIpc) is 3.75. The van der Waals surface area contributed by atoms with Crippen LogP contribution in [0, 0.1) is 0 Å². The van der Waals surface area contributed by atoms with Crippen molar-refractivity contribution < 1.29 is 24.0 Å². The largest absolute Gasteiger partial charge is 0.354 e. The number of aromatic nitrogens is 3. The number of nitrogens with zero attached hydrogens (tertiary/aromatic N) is 7. The molecular formula is C38H63ClN12O5S. The molecule has 4 atom stereocenters. The number of fused-ring (bicyclic) bond motifs is 1. The molecular weight excluding hydrogens is 772 g/mol. The van der Waals surface area contributed by atoms with Crippen LogP contribution >= 0.6 is 23.4 Å². The first-order valence-electron chi connectivity index (χ1n) is 21.0.